The fraction of sp³-hybridized carbons (Fsp3) is 0.600. The summed E-state index contributed by atoms with van der Waals surface area (Å²) in [5, 5.41) is 23.0. The minimum Gasteiger partial charge on any atom is -0.444 e. The summed E-state index contributed by atoms with van der Waals surface area (Å²) in [6, 6.07) is 1.62. The van der Waals surface area contributed by atoms with Crippen LogP contribution in [0.5, 0.6) is 0 Å². The molecule has 0 aromatic carbocycles. The van der Waals surface area contributed by atoms with E-state index in [0.717, 1.165) is 5.56 Å². The number of halogens is 1. The molecule has 6 nitrogen and oxygen atoms in total. The molecule has 0 bridgehead atoms. The quantitative estimate of drug-likeness (QED) is 0.721. The van der Waals surface area contributed by atoms with Crippen molar-refractivity contribution < 1.29 is 19.7 Å². The SMILES string of the molecule is Cc1cc(Cl)ncc1C(O)C(O)CCNC(=O)OC(C)(C)C. The van der Waals surface area contributed by atoms with Crippen LogP contribution in [0.2, 0.25) is 5.15 Å². The Hall–Kier alpha value is -1.37. The summed E-state index contributed by atoms with van der Waals surface area (Å²) in [5.74, 6) is 0. The van der Waals surface area contributed by atoms with Gasteiger partial charge in [0.2, 0.25) is 0 Å². The Labute approximate surface area is 135 Å². The summed E-state index contributed by atoms with van der Waals surface area (Å²) < 4.78 is 5.08. The number of rotatable bonds is 5. The van der Waals surface area contributed by atoms with E-state index in [1.165, 1.54) is 6.20 Å². The van der Waals surface area contributed by atoms with Crippen molar-refractivity contribution in [3.8, 4) is 0 Å². The lowest BCUT2D eigenvalue weighted by Crippen LogP contribution is -2.34. The molecule has 2 atom stereocenters. The van der Waals surface area contributed by atoms with Gasteiger partial charge in [-0.1, -0.05) is 11.6 Å². The van der Waals surface area contributed by atoms with Gasteiger partial charge in [-0.3, -0.25) is 0 Å². The number of carbonyl (C=O) groups excluding carboxylic acids is 1. The number of nitrogens with zero attached hydrogens (tertiary/aromatic N) is 1. The Morgan fingerprint density at radius 1 is 1.45 bits per heavy atom. The molecule has 22 heavy (non-hydrogen) atoms. The van der Waals surface area contributed by atoms with Crippen molar-refractivity contribution in [2.75, 3.05) is 6.54 Å². The third-order valence-corrected chi connectivity index (χ3v) is 3.12. The molecule has 1 aromatic heterocycles. The van der Waals surface area contributed by atoms with Crippen molar-refractivity contribution in [3.63, 3.8) is 0 Å². The van der Waals surface area contributed by atoms with Gasteiger partial charge in [0.1, 0.15) is 16.9 Å². The van der Waals surface area contributed by atoms with Crippen molar-refractivity contribution in [3.05, 3.63) is 28.5 Å². The van der Waals surface area contributed by atoms with E-state index in [-0.39, 0.29) is 13.0 Å². The van der Waals surface area contributed by atoms with Crippen molar-refractivity contribution >= 4 is 17.7 Å². The third kappa shape index (κ3) is 6.17. The molecule has 0 spiro atoms. The summed E-state index contributed by atoms with van der Waals surface area (Å²) >= 11 is 5.76. The highest BCUT2D eigenvalue weighted by Gasteiger charge is 2.21. The highest BCUT2D eigenvalue weighted by atomic mass is 35.5. The number of aryl methyl sites for hydroxylation is 1. The van der Waals surface area contributed by atoms with Gasteiger partial charge in [-0.2, -0.15) is 0 Å². The van der Waals surface area contributed by atoms with Crippen LogP contribution in [-0.4, -0.2) is 39.5 Å². The Kier molecular flexibility index (Phi) is 6.59. The summed E-state index contributed by atoms with van der Waals surface area (Å²) in [4.78, 5) is 15.4. The van der Waals surface area contributed by atoms with Gasteiger partial charge in [0.05, 0.1) is 6.10 Å². The van der Waals surface area contributed by atoms with Crippen LogP contribution in [0, 0.1) is 6.92 Å². The van der Waals surface area contributed by atoms with Crippen LogP contribution >= 0.6 is 11.6 Å². The fourth-order valence-corrected chi connectivity index (χ4v) is 2.06. The smallest absolute Gasteiger partial charge is 0.407 e. The number of hydrogen-bond acceptors (Lipinski definition) is 5. The second-order valence-electron chi connectivity index (χ2n) is 6.09. The topological polar surface area (TPSA) is 91.7 Å². The first-order valence-corrected chi connectivity index (χ1v) is 7.43. The van der Waals surface area contributed by atoms with Gasteiger partial charge in [-0.05, 0) is 45.7 Å². The average Bonchev–Trinajstić information content (AvgIpc) is 2.35. The fourth-order valence-electron chi connectivity index (χ4n) is 1.84. The van der Waals surface area contributed by atoms with E-state index < -0.39 is 23.9 Å². The molecule has 1 aromatic rings. The minimum atomic E-state index is -1.09. The zero-order chi connectivity index (χ0) is 16.9. The molecule has 0 saturated heterocycles. The van der Waals surface area contributed by atoms with Crippen LogP contribution < -0.4 is 5.32 Å². The highest BCUT2D eigenvalue weighted by molar-refractivity contribution is 6.29. The molecule has 0 aliphatic heterocycles. The second-order valence-corrected chi connectivity index (χ2v) is 6.48. The summed E-state index contributed by atoms with van der Waals surface area (Å²) in [5.41, 5.74) is 0.676. The largest absolute Gasteiger partial charge is 0.444 e. The van der Waals surface area contributed by atoms with Crippen LogP contribution in [0.15, 0.2) is 12.3 Å². The van der Waals surface area contributed by atoms with Crippen molar-refractivity contribution in [1.82, 2.24) is 10.3 Å². The zero-order valence-electron chi connectivity index (χ0n) is 13.3. The van der Waals surface area contributed by atoms with Crippen molar-refractivity contribution in [1.29, 1.82) is 0 Å². The third-order valence-electron chi connectivity index (χ3n) is 2.91. The number of carbonyl (C=O) groups is 1. The van der Waals surface area contributed by atoms with E-state index in [1.807, 2.05) is 0 Å². The Balaban J connectivity index is 2.48. The number of aromatic nitrogens is 1. The molecule has 0 saturated carbocycles. The van der Waals surface area contributed by atoms with E-state index in [1.54, 1.807) is 33.8 Å². The van der Waals surface area contributed by atoms with E-state index in [0.29, 0.717) is 10.7 Å². The maximum atomic E-state index is 11.5. The first kappa shape index (κ1) is 18.7. The van der Waals surface area contributed by atoms with Gasteiger partial charge in [0.25, 0.3) is 0 Å². The lowest BCUT2D eigenvalue weighted by Gasteiger charge is -2.21. The van der Waals surface area contributed by atoms with Gasteiger partial charge < -0.3 is 20.3 Å². The molecule has 1 amide bonds. The van der Waals surface area contributed by atoms with Crippen LogP contribution in [0.4, 0.5) is 4.79 Å². The molecule has 1 heterocycles. The van der Waals surface area contributed by atoms with Crippen LogP contribution in [0.3, 0.4) is 0 Å². The Morgan fingerprint density at radius 2 is 2.09 bits per heavy atom. The number of nitrogens with one attached hydrogen (secondary N) is 1. The van der Waals surface area contributed by atoms with Gasteiger partial charge in [-0.25, -0.2) is 9.78 Å². The summed E-state index contributed by atoms with van der Waals surface area (Å²) in [6.45, 7) is 7.26. The van der Waals surface area contributed by atoms with E-state index >= 15 is 0 Å². The average molecular weight is 331 g/mol. The molecule has 0 radical (unpaired) electrons. The highest BCUT2D eigenvalue weighted by Crippen LogP contribution is 2.23. The number of alkyl carbamates (subject to hydrolysis) is 1. The molecule has 2 unspecified atom stereocenters. The number of ether oxygens (including phenoxy) is 1. The van der Waals surface area contributed by atoms with Crippen molar-refractivity contribution in [2.45, 2.75) is 51.9 Å². The number of pyridine rings is 1. The molecule has 0 aliphatic carbocycles. The van der Waals surface area contributed by atoms with Gasteiger partial charge in [0, 0.05) is 18.3 Å². The first-order valence-electron chi connectivity index (χ1n) is 7.05. The maximum Gasteiger partial charge on any atom is 0.407 e. The van der Waals surface area contributed by atoms with Crippen LogP contribution in [0.1, 0.15) is 44.4 Å². The molecule has 0 aliphatic rings. The predicted molar refractivity (Wildman–Crippen MR) is 83.8 cm³/mol. The molecule has 7 heteroatoms. The standard InChI is InChI=1S/C15H23ClN2O4/c1-9-7-12(16)18-8-10(9)13(20)11(19)5-6-17-14(21)22-15(2,3)4/h7-8,11,13,19-20H,5-6H2,1-4H3,(H,17,21). The van der Waals surface area contributed by atoms with Crippen LogP contribution in [-0.2, 0) is 4.74 Å². The van der Waals surface area contributed by atoms with E-state index in [4.69, 9.17) is 16.3 Å². The van der Waals surface area contributed by atoms with Crippen LogP contribution in [0.25, 0.3) is 0 Å². The molecule has 0 fully saturated rings. The lowest BCUT2D eigenvalue weighted by atomic mass is 10.00. The first-order chi connectivity index (χ1) is 10.1. The minimum absolute atomic E-state index is 0.183. The normalized spacial score (nSPS) is 14.3. The van der Waals surface area contributed by atoms with Gasteiger partial charge in [-0.15, -0.1) is 0 Å². The maximum absolute atomic E-state index is 11.5. The van der Waals surface area contributed by atoms with Crippen molar-refractivity contribution in [2.24, 2.45) is 0 Å². The second kappa shape index (κ2) is 7.76. The molecule has 124 valence electrons. The Bertz CT molecular complexity index is 517. The molecular formula is C15H23ClN2O4. The molecular weight excluding hydrogens is 308 g/mol. The van der Waals surface area contributed by atoms with E-state index in [2.05, 4.69) is 10.3 Å². The monoisotopic (exact) mass is 330 g/mol. The summed E-state index contributed by atoms with van der Waals surface area (Å²) in [6.07, 6.45) is -1.06. The molecule has 3 N–H and O–H groups in total. The number of hydrogen-bond donors (Lipinski definition) is 3. The number of amides is 1. The predicted octanol–water partition coefficient (Wildman–Crippen LogP) is 2.35. The lowest BCUT2D eigenvalue weighted by molar-refractivity contribution is 0.0118. The molecule has 1 rings (SSSR count). The zero-order valence-corrected chi connectivity index (χ0v) is 14.0. The number of aliphatic hydroxyl groups excluding tert-OH is 2. The summed E-state index contributed by atoms with van der Waals surface area (Å²) in [7, 11) is 0. The van der Waals surface area contributed by atoms with Gasteiger partial charge in [0.15, 0.2) is 0 Å². The number of aliphatic hydroxyl groups is 2. The van der Waals surface area contributed by atoms with Gasteiger partial charge >= 0.3 is 6.09 Å². The van der Waals surface area contributed by atoms with E-state index in [9.17, 15) is 15.0 Å². The Morgan fingerprint density at radius 3 is 2.64 bits per heavy atom.